The van der Waals surface area contributed by atoms with Crippen LogP contribution in [0.1, 0.15) is 20.7 Å². The number of fused-ring (bicyclic) bond motifs is 1. The fourth-order valence-corrected chi connectivity index (χ4v) is 2.76. The molecule has 0 saturated heterocycles. The third-order valence-electron chi connectivity index (χ3n) is 4.08. The first-order valence-corrected chi connectivity index (χ1v) is 9.00. The summed E-state index contributed by atoms with van der Waals surface area (Å²) in [4.78, 5) is 23.7. The second kappa shape index (κ2) is 8.98. The lowest BCUT2D eigenvalue weighted by Gasteiger charge is -2.00. The molecule has 4 heteroatoms. The van der Waals surface area contributed by atoms with Gasteiger partial charge in [0, 0.05) is 16.1 Å². The third-order valence-corrected chi connectivity index (χ3v) is 4.33. The van der Waals surface area contributed by atoms with Crippen molar-refractivity contribution in [2.45, 2.75) is 0 Å². The summed E-state index contributed by atoms with van der Waals surface area (Å²) < 4.78 is 0. The van der Waals surface area contributed by atoms with Gasteiger partial charge in [0.05, 0.1) is 0 Å². The van der Waals surface area contributed by atoms with Crippen molar-refractivity contribution < 1.29 is 14.7 Å². The Kier molecular flexibility index (Phi) is 6.20. The summed E-state index contributed by atoms with van der Waals surface area (Å²) in [6.45, 7) is 0. The maximum absolute atomic E-state index is 11.9. The van der Waals surface area contributed by atoms with Crippen molar-refractivity contribution in [3.63, 3.8) is 0 Å². The Labute approximate surface area is 167 Å². The van der Waals surface area contributed by atoms with E-state index in [2.05, 4.69) is 0 Å². The van der Waals surface area contributed by atoms with Crippen molar-refractivity contribution in [2.24, 2.45) is 0 Å². The van der Waals surface area contributed by atoms with Crippen LogP contribution in [0.3, 0.4) is 0 Å². The fraction of sp³-hybridized carbons (Fsp3) is 0. The highest BCUT2D eigenvalue weighted by Crippen LogP contribution is 2.18. The van der Waals surface area contributed by atoms with Gasteiger partial charge in [-0.3, -0.25) is 9.59 Å². The zero-order chi connectivity index (χ0) is 19.9. The van der Waals surface area contributed by atoms with Crippen LogP contribution in [0.5, 0.6) is 5.75 Å². The zero-order valence-electron chi connectivity index (χ0n) is 14.9. The lowest BCUT2D eigenvalue weighted by atomic mass is 10.0. The van der Waals surface area contributed by atoms with Crippen LogP contribution >= 0.6 is 11.6 Å². The normalized spacial score (nSPS) is 10.0. The zero-order valence-corrected chi connectivity index (χ0v) is 15.6. The molecule has 0 aromatic heterocycles. The summed E-state index contributed by atoms with van der Waals surface area (Å²) in [5.41, 5.74) is 0.746. The highest BCUT2D eigenvalue weighted by molar-refractivity contribution is 6.49. The van der Waals surface area contributed by atoms with E-state index >= 15 is 0 Å². The minimum atomic E-state index is -0.520. The number of halogens is 1. The van der Waals surface area contributed by atoms with E-state index in [9.17, 15) is 9.59 Å². The van der Waals surface area contributed by atoms with Gasteiger partial charge in [0.2, 0.25) is 11.6 Å². The number of rotatable bonds is 3. The summed E-state index contributed by atoms with van der Waals surface area (Å²) >= 11 is 5.72. The van der Waals surface area contributed by atoms with Crippen molar-refractivity contribution in [1.29, 1.82) is 0 Å². The Morgan fingerprint density at radius 2 is 1.14 bits per heavy atom. The summed E-state index contributed by atoms with van der Waals surface area (Å²) in [5.74, 6) is -0.704. The van der Waals surface area contributed by atoms with Gasteiger partial charge in [0.15, 0.2) is 0 Å². The predicted octanol–water partition coefficient (Wildman–Crippen LogP) is 5.95. The van der Waals surface area contributed by atoms with Crippen molar-refractivity contribution in [3.05, 3.63) is 113 Å². The standard InChI is InChI=1S/C14H9ClO2.C10H8O/c15-12-8-6-11(7-9-12)14(17)13(16)10-4-2-1-3-5-10;11-10-6-5-8-3-1-2-4-9(8)7-10/h1-9H;1-7,11H. The van der Waals surface area contributed by atoms with E-state index in [4.69, 9.17) is 16.7 Å². The van der Waals surface area contributed by atoms with E-state index in [1.54, 1.807) is 66.7 Å². The molecule has 4 rings (SSSR count). The highest BCUT2D eigenvalue weighted by atomic mass is 35.5. The van der Waals surface area contributed by atoms with Gasteiger partial charge >= 0.3 is 0 Å². The average Bonchev–Trinajstić information content (AvgIpc) is 2.74. The Morgan fingerprint density at radius 3 is 1.79 bits per heavy atom. The number of hydrogen-bond acceptors (Lipinski definition) is 3. The second-order valence-corrected chi connectivity index (χ2v) is 6.50. The van der Waals surface area contributed by atoms with Gasteiger partial charge in [-0.05, 0) is 47.2 Å². The van der Waals surface area contributed by atoms with Gasteiger partial charge in [-0.1, -0.05) is 72.3 Å². The maximum atomic E-state index is 11.9. The van der Waals surface area contributed by atoms with Gasteiger partial charge in [-0.15, -0.1) is 0 Å². The molecule has 0 atom stereocenters. The third kappa shape index (κ3) is 4.84. The fourth-order valence-electron chi connectivity index (χ4n) is 2.63. The molecule has 0 spiro atoms. The number of carbonyl (C=O) groups is 2. The number of phenols is 1. The van der Waals surface area contributed by atoms with Crippen LogP contribution in [0, 0.1) is 0 Å². The summed E-state index contributed by atoms with van der Waals surface area (Å²) in [6.07, 6.45) is 0. The average molecular weight is 389 g/mol. The molecular formula is C24H17ClO3. The summed E-state index contributed by atoms with van der Waals surface area (Å²) in [6, 6.07) is 28.1. The predicted molar refractivity (Wildman–Crippen MR) is 112 cm³/mol. The van der Waals surface area contributed by atoms with Crippen molar-refractivity contribution in [2.75, 3.05) is 0 Å². The van der Waals surface area contributed by atoms with Gasteiger partial charge < -0.3 is 5.11 Å². The molecule has 0 unspecified atom stereocenters. The van der Waals surface area contributed by atoms with Crippen LogP contribution < -0.4 is 0 Å². The molecule has 0 radical (unpaired) electrons. The number of ketones is 2. The molecule has 0 fully saturated rings. The number of hydrogen-bond donors (Lipinski definition) is 1. The first-order valence-electron chi connectivity index (χ1n) is 8.62. The first kappa shape index (κ1) is 19.3. The molecule has 0 aliphatic heterocycles. The maximum Gasteiger partial charge on any atom is 0.233 e. The van der Waals surface area contributed by atoms with Crippen LogP contribution in [0.25, 0.3) is 10.8 Å². The number of phenolic OH excluding ortho intramolecular Hbond substituents is 1. The minimum absolute atomic E-state index is 0.323. The van der Waals surface area contributed by atoms with E-state index < -0.39 is 11.6 Å². The molecule has 0 amide bonds. The van der Waals surface area contributed by atoms with E-state index in [0.29, 0.717) is 21.9 Å². The quantitative estimate of drug-likeness (QED) is 0.348. The van der Waals surface area contributed by atoms with Gasteiger partial charge in [-0.25, -0.2) is 0 Å². The molecule has 28 heavy (non-hydrogen) atoms. The molecule has 0 saturated carbocycles. The van der Waals surface area contributed by atoms with Gasteiger partial charge in [0.1, 0.15) is 5.75 Å². The molecule has 0 heterocycles. The van der Waals surface area contributed by atoms with Crippen LogP contribution in [-0.2, 0) is 0 Å². The molecule has 0 aliphatic carbocycles. The molecule has 138 valence electrons. The number of Topliss-reactive ketones (excluding diaryl/α,β-unsaturated/α-hetero) is 2. The lowest BCUT2D eigenvalue weighted by molar-refractivity contribution is 0.0817. The van der Waals surface area contributed by atoms with Gasteiger partial charge in [-0.2, -0.15) is 0 Å². The van der Waals surface area contributed by atoms with E-state index in [1.807, 2.05) is 30.3 Å². The van der Waals surface area contributed by atoms with E-state index in [0.717, 1.165) is 10.8 Å². The molecule has 0 aliphatic rings. The Bertz CT molecular complexity index is 1100. The molecule has 0 bridgehead atoms. The van der Waals surface area contributed by atoms with Crippen molar-refractivity contribution in [1.82, 2.24) is 0 Å². The minimum Gasteiger partial charge on any atom is -0.508 e. The van der Waals surface area contributed by atoms with Crippen molar-refractivity contribution >= 4 is 33.9 Å². The Hall–Kier alpha value is -3.43. The van der Waals surface area contributed by atoms with Crippen LogP contribution in [0.4, 0.5) is 0 Å². The number of benzene rings is 4. The molecule has 4 aromatic rings. The monoisotopic (exact) mass is 388 g/mol. The summed E-state index contributed by atoms with van der Waals surface area (Å²) in [5, 5.41) is 11.9. The van der Waals surface area contributed by atoms with Crippen LogP contribution in [0.15, 0.2) is 97.1 Å². The SMILES string of the molecule is O=C(C(=O)c1ccc(Cl)cc1)c1ccccc1.Oc1ccc2ccccc2c1. The topological polar surface area (TPSA) is 54.4 Å². The Morgan fingerprint density at radius 1 is 0.607 bits per heavy atom. The van der Waals surface area contributed by atoms with Gasteiger partial charge in [0.25, 0.3) is 0 Å². The number of aromatic hydroxyl groups is 1. The van der Waals surface area contributed by atoms with Crippen molar-refractivity contribution in [3.8, 4) is 5.75 Å². The van der Waals surface area contributed by atoms with E-state index in [-0.39, 0.29) is 0 Å². The highest BCUT2D eigenvalue weighted by Gasteiger charge is 2.17. The lowest BCUT2D eigenvalue weighted by Crippen LogP contribution is -2.14. The molecule has 3 nitrogen and oxygen atoms in total. The number of carbonyl (C=O) groups excluding carboxylic acids is 2. The van der Waals surface area contributed by atoms with Crippen LogP contribution in [-0.4, -0.2) is 16.7 Å². The van der Waals surface area contributed by atoms with E-state index in [1.165, 1.54) is 0 Å². The Balaban J connectivity index is 0.000000176. The largest absolute Gasteiger partial charge is 0.508 e. The molecule has 1 N–H and O–H groups in total. The smallest absolute Gasteiger partial charge is 0.233 e. The molecular weight excluding hydrogens is 372 g/mol. The molecule has 4 aromatic carbocycles. The second-order valence-electron chi connectivity index (χ2n) is 6.06. The van der Waals surface area contributed by atoms with Crippen LogP contribution in [0.2, 0.25) is 5.02 Å². The first-order chi connectivity index (χ1) is 13.5. The summed E-state index contributed by atoms with van der Waals surface area (Å²) in [7, 11) is 0.